The van der Waals surface area contributed by atoms with Gasteiger partial charge in [0.25, 0.3) is 5.56 Å². The molecule has 5 N–H and O–H groups in total. The maximum atomic E-state index is 11.4. The van der Waals surface area contributed by atoms with Crippen molar-refractivity contribution in [3.8, 4) is 0 Å². The fourth-order valence-corrected chi connectivity index (χ4v) is 1.15. The molecule has 88 valence electrons. The van der Waals surface area contributed by atoms with Crippen molar-refractivity contribution in [3.63, 3.8) is 0 Å². The first-order valence-electron chi connectivity index (χ1n) is 4.80. The van der Waals surface area contributed by atoms with Gasteiger partial charge in [-0.25, -0.2) is 4.98 Å². The number of ether oxygens (including phenoxy) is 1. The van der Waals surface area contributed by atoms with Gasteiger partial charge in [0.05, 0.1) is 6.61 Å². The van der Waals surface area contributed by atoms with Gasteiger partial charge in [0.2, 0.25) is 0 Å². The molecule has 7 heteroatoms. The summed E-state index contributed by atoms with van der Waals surface area (Å²) in [6.07, 6.45) is 1.37. The predicted molar refractivity (Wildman–Crippen MR) is 57.6 cm³/mol. The van der Waals surface area contributed by atoms with E-state index in [0.29, 0.717) is 5.56 Å². The number of rotatable bonds is 4. The van der Waals surface area contributed by atoms with Crippen LogP contribution in [0.25, 0.3) is 0 Å². The number of nitrogens with one attached hydrogen (secondary N) is 1. The Balaban J connectivity index is 2.73. The summed E-state index contributed by atoms with van der Waals surface area (Å²) in [5.74, 6) is -0.516. The summed E-state index contributed by atoms with van der Waals surface area (Å²) in [4.78, 5) is 28.6. The lowest BCUT2D eigenvalue weighted by Crippen LogP contribution is -2.36. The summed E-state index contributed by atoms with van der Waals surface area (Å²) in [5, 5.41) is 0. The van der Waals surface area contributed by atoms with Gasteiger partial charge in [-0.05, 0) is 6.92 Å². The molecule has 1 heterocycles. The van der Waals surface area contributed by atoms with E-state index in [0.717, 1.165) is 0 Å². The summed E-state index contributed by atoms with van der Waals surface area (Å²) in [7, 11) is 0. The number of aromatic nitrogens is 2. The van der Waals surface area contributed by atoms with Crippen LogP contribution in [0.2, 0.25) is 0 Å². The number of carbonyl (C=O) groups excluding carboxylic acids is 1. The molecule has 0 aliphatic carbocycles. The summed E-state index contributed by atoms with van der Waals surface area (Å²) < 4.78 is 4.72. The number of aromatic amines is 1. The average molecular weight is 226 g/mol. The van der Waals surface area contributed by atoms with Crippen molar-refractivity contribution in [1.82, 2.24) is 9.97 Å². The normalized spacial score (nSPS) is 12.1. The van der Waals surface area contributed by atoms with Crippen LogP contribution in [0.1, 0.15) is 12.5 Å². The zero-order valence-electron chi connectivity index (χ0n) is 8.90. The zero-order chi connectivity index (χ0) is 12.1. The molecule has 16 heavy (non-hydrogen) atoms. The molecule has 0 aliphatic heterocycles. The number of H-pyrrole nitrogens is 1. The minimum absolute atomic E-state index is 0.0263. The molecular weight excluding hydrogens is 212 g/mol. The average Bonchev–Trinajstić information content (AvgIpc) is 2.22. The molecule has 0 amide bonds. The highest BCUT2D eigenvalue weighted by Crippen LogP contribution is 1.97. The van der Waals surface area contributed by atoms with Gasteiger partial charge >= 0.3 is 5.97 Å². The van der Waals surface area contributed by atoms with Crippen molar-refractivity contribution in [1.29, 1.82) is 0 Å². The molecule has 0 radical (unpaired) electrons. The highest BCUT2D eigenvalue weighted by molar-refractivity contribution is 5.75. The molecule has 0 fully saturated rings. The van der Waals surface area contributed by atoms with Gasteiger partial charge in [0.1, 0.15) is 6.04 Å². The monoisotopic (exact) mass is 226 g/mol. The van der Waals surface area contributed by atoms with E-state index in [2.05, 4.69) is 9.97 Å². The topological polar surface area (TPSA) is 124 Å². The van der Waals surface area contributed by atoms with Gasteiger partial charge in [0, 0.05) is 18.2 Å². The van der Waals surface area contributed by atoms with Crippen LogP contribution in [-0.4, -0.2) is 28.6 Å². The number of esters is 1. The molecule has 0 saturated heterocycles. The van der Waals surface area contributed by atoms with Crippen LogP contribution in [-0.2, 0) is 16.0 Å². The number of anilines is 1. The van der Waals surface area contributed by atoms with Crippen LogP contribution in [0.15, 0.2) is 11.0 Å². The van der Waals surface area contributed by atoms with Crippen molar-refractivity contribution in [3.05, 3.63) is 22.1 Å². The maximum absolute atomic E-state index is 11.4. The third-order valence-electron chi connectivity index (χ3n) is 1.92. The molecule has 1 aromatic rings. The molecule has 0 saturated carbocycles. The van der Waals surface area contributed by atoms with Crippen LogP contribution < -0.4 is 17.0 Å². The largest absolute Gasteiger partial charge is 0.465 e. The molecule has 1 aromatic heterocycles. The van der Waals surface area contributed by atoms with Gasteiger partial charge < -0.3 is 16.2 Å². The molecule has 0 aliphatic rings. The van der Waals surface area contributed by atoms with E-state index in [1.54, 1.807) is 6.92 Å². The Kier molecular flexibility index (Phi) is 4.01. The van der Waals surface area contributed by atoms with E-state index in [9.17, 15) is 9.59 Å². The van der Waals surface area contributed by atoms with Crippen molar-refractivity contribution in [2.24, 2.45) is 5.73 Å². The number of nitrogens with zero attached hydrogens (tertiary/aromatic N) is 1. The minimum Gasteiger partial charge on any atom is -0.465 e. The van der Waals surface area contributed by atoms with Crippen LogP contribution >= 0.6 is 0 Å². The summed E-state index contributed by atoms with van der Waals surface area (Å²) >= 11 is 0. The Morgan fingerprint density at radius 2 is 2.38 bits per heavy atom. The van der Waals surface area contributed by atoms with E-state index >= 15 is 0 Å². The van der Waals surface area contributed by atoms with Crippen LogP contribution in [0, 0.1) is 0 Å². The van der Waals surface area contributed by atoms with E-state index < -0.39 is 17.6 Å². The SMILES string of the molecule is CCOC(=O)C(N)Cc1cnc(N)[nH]c1=O. The van der Waals surface area contributed by atoms with Gasteiger partial charge in [0.15, 0.2) is 5.95 Å². The number of nitrogens with two attached hydrogens (primary N) is 2. The van der Waals surface area contributed by atoms with Crippen LogP contribution in [0.4, 0.5) is 5.95 Å². The first kappa shape index (κ1) is 12.2. The van der Waals surface area contributed by atoms with Gasteiger partial charge in [-0.2, -0.15) is 0 Å². The first-order valence-corrected chi connectivity index (χ1v) is 4.80. The second-order valence-electron chi connectivity index (χ2n) is 3.19. The Morgan fingerprint density at radius 1 is 1.69 bits per heavy atom. The van der Waals surface area contributed by atoms with Gasteiger partial charge in [-0.3, -0.25) is 14.6 Å². The molecule has 1 unspecified atom stereocenters. The second-order valence-corrected chi connectivity index (χ2v) is 3.19. The Bertz CT molecular complexity index is 429. The third-order valence-corrected chi connectivity index (χ3v) is 1.92. The van der Waals surface area contributed by atoms with Gasteiger partial charge in [-0.15, -0.1) is 0 Å². The van der Waals surface area contributed by atoms with E-state index in [4.69, 9.17) is 16.2 Å². The lowest BCUT2D eigenvalue weighted by Gasteiger charge is -2.09. The van der Waals surface area contributed by atoms with Crippen molar-refractivity contribution >= 4 is 11.9 Å². The van der Waals surface area contributed by atoms with Crippen LogP contribution in [0.3, 0.4) is 0 Å². The van der Waals surface area contributed by atoms with E-state index in [1.807, 2.05) is 0 Å². The number of hydrogen-bond donors (Lipinski definition) is 3. The molecule has 1 rings (SSSR count). The van der Waals surface area contributed by atoms with Crippen molar-refractivity contribution in [2.75, 3.05) is 12.3 Å². The molecule has 0 aromatic carbocycles. The smallest absolute Gasteiger partial charge is 0.323 e. The predicted octanol–water partition coefficient (Wildman–Crippen LogP) is -1.21. The summed E-state index contributed by atoms with van der Waals surface area (Å²) in [5.41, 5.74) is 10.7. The highest BCUT2D eigenvalue weighted by Gasteiger charge is 2.16. The Morgan fingerprint density at radius 3 is 2.94 bits per heavy atom. The van der Waals surface area contributed by atoms with Gasteiger partial charge in [-0.1, -0.05) is 0 Å². The molecular formula is C9H14N4O3. The second kappa shape index (κ2) is 5.26. The van der Waals surface area contributed by atoms with E-state index in [1.165, 1.54) is 6.20 Å². The van der Waals surface area contributed by atoms with E-state index in [-0.39, 0.29) is 19.0 Å². The van der Waals surface area contributed by atoms with Crippen LogP contribution in [0.5, 0.6) is 0 Å². The number of nitrogen functional groups attached to an aromatic ring is 1. The lowest BCUT2D eigenvalue weighted by molar-refractivity contribution is -0.144. The zero-order valence-corrected chi connectivity index (χ0v) is 8.90. The summed E-state index contributed by atoms with van der Waals surface area (Å²) in [6, 6.07) is -0.869. The lowest BCUT2D eigenvalue weighted by atomic mass is 10.1. The summed E-state index contributed by atoms with van der Waals surface area (Å²) in [6.45, 7) is 1.94. The molecule has 0 bridgehead atoms. The van der Waals surface area contributed by atoms with Crippen molar-refractivity contribution in [2.45, 2.75) is 19.4 Å². The minimum atomic E-state index is -0.869. The highest BCUT2D eigenvalue weighted by atomic mass is 16.5. The number of hydrogen-bond acceptors (Lipinski definition) is 6. The Labute approximate surface area is 91.8 Å². The number of carbonyl (C=O) groups is 1. The maximum Gasteiger partial charge on any atom is 0.323 e. The fraction of sp³-hybridized carbons (Fsp3) is 0.444. The van der Waals surface area contributed by atoms with Crippen molar-refractivity contribution < 1.29 is 9.53 Å². The quantitative estimate of drug-likeness (QED) is 0.553. The Hall–Kier alpha value is -1.89. The molecule has 0 spiro atoms. The fourth-order valence-electron chi connectivity index (χ4n) is 1.15. The molecule has 7 nitrogen and oxygen atoms in total. The first-order chi connectivity index (χ1) is 7.54. The third kappa shape index (κ3) is 3.06. The standard InChI is InChI=1S/C9H14N4O3/c1-2-16-8(15)6(10)3-5-4-12-9(11)13-7(5)14/h4,6H,2-3,10H2,1H3,(H3,11,12,13,14). The molecule has 1 atom stereocenters.